The zero-order valence-corrected chi connectivity index (χ0v) is 14.2. The van der Waals surface area contributed by atoms with Gasteiger partial charge in [-0.25, -0.2) is 18.2 Å². The van der Waals surface area contributed by atoms with Crippen molar-refractivity contribution >= 4 is 23.1 Å². The number of alkyl halides is 3. The zero-order valence-electron chi connectivity index (χ0n) is 14.2. The number of benzene rings is 2. The highest BCUT2D eigenvalue weighted by atomic mass is 19.4. The van der Waals surface area contributed by atoms with Gasteiger partial charge in [-0.05, 0) is 37.3 Å². The molecule has 0 saturated heterocycles. The van der Waals surface area contributed by atoms with Crippen molar-refractivity contribution in [2.45, 2.75) is 13.1 Å². The minimum atomic E-state index is -4.51. The van der Waals surface area contributed by atoms with Crippen molar-refractivity contribution < 1.29 is 26.3 Å². The van der Waals surface area contributed by atoms with Crippen LogP contribution >= 0.6 is 0 Å². The van der Waals surface area contributed by atoms with E-state index in [2.05, 4.69) is 20.6 Å². The van der Waals surface area contributed by atoms with Gasteiger partial charge < -0.3 is 10.6 Å². The van der Waals surface area contributed by atoms with E-state index < -0.39 is 29.2 Å². The summed E-state index contributed by atoms with van der Waals surface area (Å²) >= 11 is 0. The average molecular weight is 398 g/mol. The summed E-state index contributed by atoms with van der Waals surface area (Å²) in [6.45, 7) is 1.58. The van der Waals surface area contributed by atoms with Gasteiger partial charge in [-0.1, -0.05) is 6.07 Å². The molecule has 0 bridgehead atoms. The van der Waals surface area contributed by atoms with Gasteiger partial charge in [0.05, 0.1) is 11.3 Å². The average Bonchev–Trinajstić information content (AvgIpc) is 2.61. The van der Waals surface area contributed by atoms with E-state index in [-0.39, 0.29) is 23.1 Å². The maximum atomic E-state index is 13.8. The normalized spacial score (nSPS) is 11.4. The van der Waals surface area contributed by atoms with E-state index in [1.165, 1.54) is 18.2 Å². The Balaban J connectivity index is 1.88. The van der Waals surface area contributed by atoms with Crippen LogP contribution in [0.15, 0.2) is 42.5 Å². The number of hydrogen-bond donors (Lipinski definition) is 2. The van der Waals surface area contributed by atoms with Gasteiger partial charge in [0.2, 0.25) is 5.95 Å². The lowest BCUT2D eigenvalue weighted by Gasteiger charge is -2.12. The van der Waals surface area contributed by atoms with Crippen molar-refractivity contribution in [1.82, 2.24) is 9.97 Å². The number of aromatic nitrogens is 2. The van der Waals surface area contributed by atoms with Gasteiger partial charge in [0.15, 0.2) is 17.5 Å². The van der Waals surface area contributed by atoms with Gasteiger partial charge in [-0.3, -0.25) is 0 Å². The summed E-state index contributed by atoms with van der Waals surface area (Å²) < 4.78 is 78.6. The van der Waals surface area contributed by atoms with E-state index in [1.54, 1.807) is 6.92 Å². The molecule has 0 saturated carbocycles. The Bertz CT molecular complexity index is 1020. The predicted molar refractivity (Wildman–Crippen MR) is 91.1 cm³/mol. The summed E-state index contributed by atoms with van der Waals surface area (Å²) in [4.78, 5) is 8.06. The largest absolute Gasteiger partial charge is 0.416 e. The Kier molecular flexibility index (Phi) is 5.12. The van der Waals surface area contributed by atoms with Gasteiger partial charge in [-0.15, -0.1) is 0 Å². The third-order valence-corrected chi connectivity index (χ3v) is 3.60. The molecule has 0 aliphatic rings. The molecule has 0 spiro atoms. The summed E-state index contributed by atoms with van der Waals surface area (Å²) in [7, 11) is 0. The molecule has 0 aliphatic heterocycles. The van der Waals surface area contributed by atoms with Crippen LogP contribution in [0.4, 0.5) is 49.5 Å². The summed E-state index contributed by atoms with van der Waals surface area (Å²) in [5.41, 5.74) is -0.727. The number of anilines is 4. The highest BCUT2D eigenvalue weighted by molar-refractivity contribution is 5.61. The second-order valence-corrected chi connectivity index (χ2v) is 5.77. The van der Waals surface area contributed by atoms with Crippen LogP contribution in [0, 0.1) is 24.4 Å². The molecule has 28 heavy (non-hydrogen) atoms. The van der Waals surface area contributed by atoms with Crippen LogP contribution in [-0.4, -0.2) is 9.97 Å². The van der Waals surface area contributed by atoms with E-state index in [0.717, 1.165) is 24.3 Å². The Hall–Kier alpha value is -3.30. The summed E-state index contributed by atoms with van der Waals surface area (Å²) in [5, 5.41) is 5.12. The summed E-state index contributed by atoms with van der Waals surface area (Å²) in [6, 6.07) is 7.55. The zero-order chi connectivity index (χ0) is 20.5. The Morgan fingerprint density at radius 3 is 2.32 bits per heavy atom. The predicted octanol–water partition coefficient (Wildman–Crippen LogP) is 5.71. The number of rotatable bonds is 4. The van der Waals surface area contributed by atoms with Gasteiger partial charge >= 0.3 is 6.18 Å². The highest BCUT2D eigenvalue weighted by Crippen LogP contribution is 2.31. The van der Waals surface area contributed by atoms with Crippen LogP contribution in [0.25, 0.3) is 0 Å². The van der Waals surface area contributed by atoms with Crippen molar-refractivity contribution in [2.24, 2.45) is 0 Å². The van der Waals surface area contributed by atoms with Crippen LogP contribution in [0.5, 0.6) is 0 Å². The minimum absolute atomic E-state index is 0.0342. The number of nitrogens with zero attached hydrogens (tertiary/aromatic N) is 2. The van der Waals surface area contributed by atoms with Crippen LogP contribution in [-0.2, 0) is 6.18 Å². The second kappa shape index (κ2) is 7.37. The molecule has 2 N–H and O–H groups in total. The van der Waals surface area contributed by atoms with E-state index >= 15 is 0 Å². The smallest absolute Gasteiger partial charge is 0.338 e. The Morgan fingerprint density at radius 2 is 1.61 bits per heavy atom. The molecule has 146 valence electrons. The lowest BCUT2D eigenvalue weighted by molar-refractivity contribution is -0.137. The molecule has 0 aliphatic carbocycles. The summed E-state index contributed by atoms with van der Waals surface area (Å²) in [5.74, 6) is -4.44. The van der Waals surface area contributed by atoms with Gasteiger partial charge in [0.1, 0.15) is 5.82 Å². The number of hydrogen-bond acceptors (Lipinski definition) is 4. The molecule has 1 aromatic heterocycles. The van der Waals surface area contributed by atoms with Crippen molar-refractivity contribution in [3.63, 3.8) is 0 Å². The SMILES string of the molecule is Cc1cc(Nc2ccc(F)c(F)c2F)nc(Nc2cccc(C(F)(F)F)c2)n1. The van der Waals surface area contributed by atoms with E-state index in [0.29, 0.717) is 5.69 Å². The topological polar surface area (TPSA) is 49.8 Å². The lowest BCUT2D eigenvalue weighted by atomic mass is 10.2. The number of halogens is 6. The first-order valence-corrected chi connectivity index (χ1v) is 7.84. The Labute approximate surface area is 155 Å². The maximum Gasteiger partial charge on any atom is 0.416 e. The fraction of sp³-hybridized carbons (Fsp3) is 0.111. The molecule has 0 radical (unpaired) electrons. The molecule has 1 heterocycles. The molecule has 3 rings (SSSR count). The quantitative estimate of drug-likeness (QED) is 0.437. The molecule has 0 unspecified atom stereocenters. The first-order valence-electron chi connectivity index (χ1n) is 7.84. The van der Waals surface area contributed by atoms with Crippen LogP contribution in [0.3, 0.4) is 0 Å². The summed E-state index contributed by atoms with van der Waals surface area (Å²) in [6.07, 6.45) is -4.51. The molecule has 0 atom stereocenters. The van der Waals surface area contributed by atoms with Crippen molar-refractivity contribution in [3.8, 4) is 0 Å². The molecule has 3 aromatic rings. The second-order valence-electron chi connectivity index (χ2n) is 5.77. The first kappa shape index (κ1) is 19.5. The molecule has 0 fully saturated rings. The molecular formula is C18H12F6N4. The van der Waals surface area contributed by atoms with Crippen molar-refractivity contribution in [1.29, 1.82) is 0 Å². The van der Waals surface area contributed by atoms with Crippen molar-refractivity contribution in [2.75, 3.05) is 10.6 Å². The Morgan fingerprint density at radius 1 is 0.857 bits per heavy atom. The van der Waals surface area contributed by atoms with Gasteiger partial charge in [0, 0.05) is 17.4 Å². The van der Waals surface area contributed by atoms with Crippen LogP contribution < -0.4 is 10.6 Å². The number of aryl methyl sites for hydroxylation is 1. The van der Waals surface area contributed by atoms with Crippen LogP contribution in [0.2, 0.25) is 0 Å². The first-order chi connectivity index (χ1) is 13.1. The lowest BCUT2D eigenvalue weighted by Crippen LogP contribution is -2.07. The molecular weight excluding hydrogens is 386 g/mol. The standard InChI is InChI=1S/C18H12F6N4/c1-9-7-14(27-13-6-5-12(19)15(20)16(13)21)28-17(25-9)26-11-4-2-3-10(8-11)18(22,23)24/h2-8H,1H3,(H2,25,26,27,28). The van der Waals surface area contributed by atoms with E-state index in [4.69, 9.17) is 0 Å². The van der Waals surface area contributed by atoms with Crippen LogP contribution in [0.1, 0.15) is 11.3 Å². The third-order valence-electron chi connectivity index (χ3n) is 3.60. The fourth-order valence-electron chi connectivity index (χ4n) is 2.35. The highest BCUT2D eigenvalue weighted by Gasteiger charge is 2.30. The fourth-order valence-corrected chi connectivity index (χ4v) is 2.35. The van der Waals surface area contributed by atoms with E-state index in [9.17, 15) is 26.3 Å². The van der Waals surface area contributed by atoms with Crippen molar-refractivity contribution in [3.05, 3.63) is 71.2 Å². The van der Waals surface area contributed by atoms with E-state index in [1.807, 2.05) is 0 Å². The maximum absolute atomic E-state index is 13.8. The monoisotopic (exact) mass is 398 g/mol. The minimum Gasteiger partial charge on any atom is -0.338 e. The van der Waals surface area contributed by atoms with Gasteiger partial charge in [0.25, 0.3) is 0 Å². The third kappa shape index (κ3) is 4.33. The molecule has 0 amide bonds. The van der Waals surface area contributed by atoms with Gasteiger partial charge in [-0.2, -0.15) is 18.2 Å². The molecule has 10 heteroatoms. The molecule has 4 nitrogen and oxygen atoms in total. The molecule has 2 aromatic carbocycles. The number of nitrogens with one attached hydrogen (secondary N) is 2.